The molecule has 6 heteroatoms. The van der Waals surface area contributed by atoms with Gasteiger partial charge in [-0.3, -0.25) is 9.25 Å². The first-order valence-corrected chi connectivity index (χ1v) is 7.17. The van der Waals surface area contributed by atoms with Crippen LogP contribution in [-0.4, -0.2) is 19.3 Å². The van der Waals surface area contributed by atoms with Crippen LogP contribution in [0.3, 0.4) is 0 Å². The van der Waals surface area contributed by atoms with Gasteiger partial charge in [0.2, 0.25) is 0 Å². The summed E-state index contributed by atoms with van der Waals surface area (Å²) in [4.78, 5) is 3.25. The molecule has 1 N–H and O–H groups in total. The van der Waals surface area contributed by atoms with Crippen LogP contribution in [0.2, 0.25) is 5.02 Å². The van der Waals surface area contributed by atoms with Gasteiger partial charge in [0.25, 0.3) is 0 Å². The molecular weight excluding hydrogens is 292 g/mol. The Morgan fingerprint density at radius 1 is 1.30 bits per heavy atom. The number of nitrogens with zero attached hydrogens (tertiary/aromatic N) is 3. The van der Waals surface area contributed by atoms with Crippen LogP contribution in [0.15, 0.2) is 24.3 Å². The molecule has 1 atom stereocenters. The van der Waals surface area contributed by atoms with Crippen LogP contribution >= 0.6 is 23.8 Å². The van der Waals surface area contributed by atoms with E-state index < -0.39 is 0 Å². The third-order valence-corrected chi connectivity index (χ3v) is 4.16. The van der Waals surface area contributed by atoms with Gasteiger partial charge in [-0.15, -0.1) is 0 Å². The smallest absolute Gasteiger partial charge is 0.179 e. The normalized spacial score (nSPS) is 13.0. The molecule has 0 aliphatic heterocycles. The van der Waals surface area contributed by atoms with Crippen molar-refractivity contribution in [3.05, 3.63) is 45.3 Å². The summed E-state index contributed by atoms with van der Waals surface area (Å²) in [5, 5.41) is 5.18. The van der Waals surface area contributed by atoms with E-state index in [9.17, 15) is 0 Å². The average molecular weight is 307 g/mol. The largest absolute Gasteiger partial charge is 0.328 e. The fourth-order valence-corrected chi connectivity index (χ4v) is 3.05. The summed E-state index contributed by atoms with van der Waals surface area (Å²) in [5.41, 5.74) is 4.12. The molecule has 4 nitrogen and oxygen atoms in total. The van der Waals surface area contributed by atoms with Crippen molar-refractivity contribution < 1.29 is 0 Å². The Morgan fingerprint density at radius 2 is 1.95 bits per heavy atom. The van der Waals surface area contributed by atoms with Gasteiger partial charge in [-0.1, -0.05) is 23.7 Å². The molecule has 0 amide bonds. The lowest BCUT2D eigenvalue weighted by Crippen LogP contribution is -2.09. The van der Waals surface area contributed by atoms with E-state index in [0.29, 0.717) is 4.77 Å². The van der Waals surface area contributed by atoms with Gasteiger partial charge in [-0.2, -0.15) is 5.10 Å². The molecule has 0 saturated carbocycles. The minimum absolute atomic E-state index is 0.114. The van der Waals surface area contributed by atoms with Gasteiger partial charge in [0.15, 0.2) is 10.4 Å². The molecule has 2 aromatic heterocycles. The van der Waals surface area contributed by atoms with E-state index in [2.05, 4.69) is 21.6 Å². The monoisotopic (exact) mass is 306 g/mol. The number of imidazole rings is 1. The van der Waals surface area contributed by atoms with Gasteiger partial charge in [0.05, 0.1) is 11.7 Å². The molecule has 3 aromatic rings. The first kappa shape index (κ1) is 13.4. The fourth-order valence-electron chi connectivity index (χ4n) is 2.58. The Hall–Kier alpha value is -1.59. The zero-order chi connectivity index (χ0) is 14.4. The molecule has 0 aliphatic rings. The van der Waals surface area contributed by atoms with Crippen LogP contribution in [0.1, 0.15) is 24.2 Å². The van der Waals surface area contributed by atoms with Crippen molar-refractivity contribution in [1.29, 1.82) is 0 Å². The van der Waals surface area contributed by atoms with Crippen molar-refractivity contribution >= 4 is 35.0 Å². The third-order valence-electron chi connectivity index (χ3n) is 3.61. The second kappa shape index (κ2) is 4.75. The molecule has 20 heavy (non-hydrogen) atoms. The zero-order valence-corrected chi connectivity index (χ0v) is 13.1. The number of hydrogen-bond acceptors (Lipinski definition) is 2. The summed E-state index contributed by atoms with van der Waals surface area (Å²) in [7, 11) is 1.93. The zero-order valence-electron chi connectivity index (χ0n) is 11.5. The highest BCUT2D eigenvalue weighted by Gasteiger charge is 2.17. The van der Waals surface area contributed by atoms with Gasteiger partial charge >= 0.3 is 0 Å². The molecule has 0 spiro atoms. The van der Waals surface area contributed by atoms with E-state index in [4.69, 9.17) is 23.8 Å². The van der Waals surface area contributed by atoms with E-state index in [1.165, 1.54) is 0 Å². The van der Waals surface area contributed by atoms with Gasteiger partial charge < -0.3 is 4.98 Å². The van der Waals surface area contributed by atoms with Crippen LogP contribution in [0, 0.1) is 11.7 Å². The Labute approximate surface area is 127 Å². The summed E-state index contributed by atoms with van der Waals surface area (Å²) < 4.78 is 4.66. The average Bonchev–Trinajstić information content (AvgIpc) is 2.88. The minimum atomic E-state index is 0.114. The highest BCUT2D eigenvalue weighted by atomic mass is 35.5. The number of hydrogen-bond donors (Lipinski definition) is 1. The maximum absolute atomic E-state index is 5.95. The third kappa shape index (κ3) is 1.98. The minimum Gasteiger partial charge on any atom is -0.328 e. The lowest BCUT2D eigenvalue weighted by molar-refractivity contribution is 0.620. The van der Waals surface area contributed by atoms with E-state index in [-0.39, 0.29) is 6.04 Å². The van der Waals surface area contributed by atoms with Crippen molar-refractivity contribution in [3.63, 3.8) is 0 Å². The number of halogens is 1. The Morgan fingerprint density at radius 3 is 2.60 bits per heavy atom. The number of aromatic nitrogens is 4. The summed E-state index contributed by atoms with van der Waals surface area (Å²) in [6, 6.07) is 7.96. The fraction of sp³-hybridized carbons (Fsp3) is 0.286. The number of aryl methyl sites for hydroxylation is 2. The van der Waals surface area contributed by atoms with E-state index in [1.807, 2.05) is 42.9 Å². The van der Waals surface area contributed by atoms with Crippen LogP contribution in [0.4, 0.5) is 0 Å². The number of rotatable bonds is 2. The molecule has 0 fully saturated rings. The van der Waals surface area contributed by atoms with Gasteiger partial charge in [0.1, 0.15) is 5.52 Å². The number of benzene rings is 1. The predicted molar refractivity (Wildman–Crippen MR) is 83.9 cm³/mol. The van der Waals surface area contributed by atoms with E-state index in [1.54, 1.807) is 0 Å². The first-order valence-electron chi connectivity index (χ1n) is 6.38. The summed E-state index contributed by atoms with van der Waals surface area (Å²) in [5.74, 6) is 0. The molecule has 0 bridgehead atoms. The number of nitrogens with one attached hydrogen (secondary N) is 1. The molecular formula is C14H15ClN4S. The van der Waals surface area contributed by atoms with Gasteiger partial charge in [-0.05, 0) is 43.8 Å². The molecule has 0 radical (unpaired) electrons. The lowest BCUT2D eigenvalue weighted by Gasteiger charge is -2.15. The van der Waals surface area contributed by atoms with Crippen molar-refractivity contribution in [2.24, 2.45) is 7.05 Å². The van der Waals surface area contributed by atoms with E-state index in [0.717, 1.165) is 27.4 Å². The van der Waals surface area contributed by atoms with Gasteiger partial charge in [-0.25, -0.2) is 0 Å². The molecule has 2 heterocycles. The quantitative estimate of drug-likeness (QED) is 0.727. The number of aromatic amines is 1. The predicted octanol–water partition coefficient (Wildman–Crippen LogP) is 4.00. The summed E-state index contributed by atoms with van der Waals surface area (Å²) in [6.45, 7) is 4.10. The van der Waals surface area contributed by atoms with Crippen molar-refractivity contribution in [1.82, 2.24) is 19.3 Å². The van der Waals surface area contributed by atoms with E-state index >= 15 is 0 Å². The summed E-state index contributed by atoms with van der Waals surface area (Å²) in [6.07, 6.45) is 0. The van der Waals surface area contributed by atoms with Crippen LogP contribution in [-0.2, 0) is 7.05 Å². The summed E-state index contributed by atoms with van der Waals surface area (Å²) >= 11 is 11.4. The standard InChI is InChI=1S/C14H15ClN4S/c1-8-12-13(18(3)17-8)19(14(20)16-12)9(2)10-4-6-11(15)7-5-10/h4-7,9H,1-3H3,(H,16,20). The van der Waals surface area contributed by atoms with Crippen molar-refractivity contribution in [3.8, 4) is 0 Å². The SMILES string of the molecule is Cc1nn(C)c2c1[nH]c(=S)n2C(C)c1ccc(Cl)cc1. The molecule has 1 unspecified atom stereocenters. The maximum Gasteiger partial charge on any atom is 0.179 e. The molecule has 0 saturated heterocycles. The molecule has 104 valence electrons. The number of H-pyrrole nitrogens is 1. The van der Waals surface area contributed by atoms with Gasteiger partial charge in [0, 0.05) is 12.1 Å². The highest BCUT2D eigenvalue weighted by molar-refractivity contribution is 7.71. The first-order chi connectivity index (χ1) is 9.49. The lowest BCUT2D eigenvalue weighted by atomic mass is 10.1. The molecule has 3 rings (SSSR count). The van der Waals surface area contributed by atoms with Crippen LogP contribution in [0.25, 0.3) is 11.2 Å². The second-order valence-electron chi connectivity index (χ2n) is 4.94. The van der Waals surface area contributed by atoms with Crippen LogP contribution < -0.4 is 0 Å². The Balaban J connectivity index is 2.21. The number of fused-ring (bicyclic) bond motifs is 1. The van der Waals surface area contributed by atoms with Crippen molar-refractivity contribution in [2.75, 3.05) is 0 Å². The second-order valence-corrected chi connectivity index (χ2v) is 5.76. The highest BCUT2D eigenvalue weighted by Crippen LogP contribution is 2.26. The molecule has 1 aromatic carbocycles. The topological polar surface area (TPSA) is 38.5 Å². The Kier molecular flexibility index (Phi) is 3.18. The Bertz CT molecular complexity index is 825. The van der Waals surface area contributed by atoms with Crippen molar-refractivity contribution in [2.45, 2.75) is 19.9 Å². The maximum atomic E-state index is 5.95. The molecule has 0 aliphatic carbocycles. The van der Waals surface area contributed by atoms with Crippen LogP contribution in [0.5, 0.6) is 0 Å².